The van der Waals surface area contributed by atoms with Crippen molar-refractivity contribution in [2.24, 2.45) is 0 Å². The summed E-state index contributed by atoms with van der Waals surface area (Å²) in [5.74, 6) is 0.951. The monoisotopic (exact) mass is 548 g/mol. The van der Waals surface area contributed by atoms with Gasteiger partial charge in [0.25, 0.3) is 0 Å². The molecule has 0 N–H and O–H groups in total. The molecule has 0 aliphatic heterocycles. The van der Waals surface area contributed by atoms with Crippen LogP contribution in [0.15, 0.2) is 54.6 Å². The molecule has 29 heavy (non-hydrogen) atoms. The maximum atomic E-state index is 12.5. The van der Waals surface area contributed by atoms with E-state index in [0.717, 1.165) is 37.4 Å². The zero-order valence-corrected chi connectivity index (χ0v) is 21.8. The Bertz CT molecular complexity index is 829. The Morgan fingerprint density at radius 1 is 0.828 bits per heavy atom. The zero-order chi connectivity index (χ0) is 21.3. The summed E-state index contributed by atoms with van der Waals surface area (Å²) in [5, 5.41) is 0. The summed E-state index contributed by atoms with van der Waals surface area (Å²) in [4.78, 5) is 0. The van der Waals surface area contributed by atoms with Gasteiger partial charge in [0, 0.05) is 0 Å². The molecule has 0 saturated carbocycles. The van der Waals surface area contributed by atoms with E-state index in [-0.39, 0.29) is 5.75 Å². The van der Waals surface area contributed by atoms with Gasteiger partial charge in [0.15, 0.2) is 0 Å². The van der Waals surface area contributed by atoms with Gasteiger partial charge < -0.3 is 0 Å². The van der Waals surface area contributed by atoms with Crippen LogP contribution in [0.4, 0.5) is 0 Å². The van der Waals surface area contributed by atoms with Gasteiger partial charge in [-0.2, -0.15) is 0 Å². The van der Waals surface area contributed by atoms with Gasteiger partial charge in [-0.3, -0.25) is 0 Å². The molecular weight excluding hydrogens is 515 g/mol. The number of halogens is 1. The first kappa shape index (κ1) is 24.4. The number of hydrogen-bond donors (Lipinski definition) is 0. The van der Waals surface area contributed by atoms with Gasteiger partial charge in [-0.25, -0.2) is 0 Å². The number of rotatable bonds is 12. The third-order valence-corrected chi connectivity index (χ3v) is 17.2. The predicted octanol–water partition coefficient (Wildman–Crippen LogP) is 6.68. The van der Waals surface area contributed by atoms with E-state index in [1.807, 2.05) is 61.5 Å². The minimum absolute atomic E-state index is 0.0725. The van der Waals surface area contributed by atoms with E-state index >= 15 is 0 Å². The summed E-state index contributed by atoms with van der Waals surface area (Å²) in [6, 6.07) is 20.9. The third-order valence-electron chi connectivity index (χ3n) is 5.12. The summed E-state index contributed by atoms with van der Waals surface area (Å²) in [6.07, 6.45) is 1.44. The van der Waals surface area contributed by atoms with E-state index in [0.29, 0.717) is 6.42 Å². The average molecular weight is 549 g/mol. The second-order valence-corrected chi connectivity index (χ2v) is 18.4. The van der Waals surface area contributed by atoms with Crippen LogP contribution in [0.1, 0.15) is 40.5 Å². The Balaban J connectivity index is 2.30. The Labute approximate surface area is 185 Å². The first-order valence-corrected chi connectivity index (χ1v) is 17.5. The van der Waals surface area contributed by atoms with E-state index in [9.17, 15) is 8.42 Å². The second-order valence-electron chi connectivity index (χ2n) is 7.02. The quantitative estimate of drug-likeness (QED) is 0.219. The van der Waals surface area contributed by atoms with E-state index in [1.54, 1.807) is 0 Å². The Kier molecular flexibility index (Phi) is 9.64. The number of benzene rings is 2. The van der Waals surface area contributed by atoms with Crippen molar-refractivity contribution < 1.29 is 15.4 Å². The molecule has 0 aliphatic carbocycles. The predicted molar refractivity (Wildman–Crippen MR) is 132 cm³/mol. The SMILES string of the molecule is CCCCS(=O)(=O)OI(c1ccccc1)c1ccc(O[Si](CC)(CC)CC)cc1. The van der Waals surface area contributed by atoms with Gasteiger partial charge in [-0.05, 0) is 0 Å². The van der Waals surface area contributed by atoms with E-state index in [1.165, 1.54) is 0 Å². The fourth-order valence-corrected chi connectivity index (χ4v) is 12.9. The van der Waals surface area contributed by atoms with Gasteiger partial charge in [0.1, 0.15) is 0 Å². The van der Waals surface area contributed by atoms with E-state index < -0.39 is 38.7 Å². The molecule has 0 aliphatic rings. The van der Waals surface area contributed by atoms with Crippen LogP contribution in [0.2, 0.25) is 18.1 Å². The number of hydrogen-bond acceptors (Lipinski definition) is 4. The molecule has 0 spiro atoms. The summed E-state index contributed by atoms with van der Waals surface area (Å²) >= 11 is -2.56. The molecule has 0 bridgehead atoms. The molecule has 162 valence electrons. The summed E-state index contributed by atoms with van der Waals surface area (Å²) < 4.78 is 39.2. The molecule has 4 nitrogen and oxygen atoms in total. The van der Waals surface area contributed by atoms with Gasteiger partial charge in [0.05, 0.1) is 0 Å². The van der Waals surface area contributed by atoms with Crippen LogP contribution in [-0.2, 0) is 12.6 Å². The van der Waals surface area contributed by atoms with Crippen molar-refractivity contribution in [1.29, 1.82) is 0 Å². The van der Waals surface area contributed by atoms with Crippen LogP contribution in [0, 0.1) is 7.14 Å². The molecule has 0 aromatic heterocycles. The Morgan fingerprint density at radius 3 is 1.90 bits per heavy atom. The van der Waals surface area contributed by atoms with E-state index in [4.69, 9.17) is 6.94 Å². The van der Waals surface area contributed by atoms with Crippen LogP contribution in [0.25, 0.3) is 0 Å². The maximum absolute atomic E-state index is 12.5. The molecule has 2 rings (SSSR count). The molecular formula is C22H33IO4SSi. The Morgan fingerprint density at radius 2 is 1.38 bits per heavy atom. The molecule has 0 unspecified atom stereocenters. The standard InChI is InChI=1S/C22H33IO4SSi/c1-5-9-19-28(24,25)27-23(20-13-11-10-12-14-20)21-15-17-22(18-16-21)26-29(6-2,7-3)8-4/h10-18H,5-9,19H2,1-4H3. The van der Waals surface area contributed by atoms with Crippen molar-refractivity contribution in [2.45, 2.75) is 58.7 Å². The van der Waals surface area contributed by atoms with E-state index in [2.05, 4.69) is 20.8 Å². The first-order chi connectivity index (χ1) is 13.9. The molecule has 0 saturated heterocycles. The van der Waals surface area contributed by atoms with Crippen LogP contribution >= 0.6 is 20.2 Å². The van der Waals surface area contributed by atoms with Crippen LogP contribution < -0.4 is 4.43 Å². The van der Waals surface area contributed by atoms with Gasteiger partial charge >= 0.3 is 186 Å². The molecule has 0 amide bonds. The van der Waals surface area contributed by atoms with Crippen molar-refractivity contribution in [3.05, 3.63) is 61.7 Å². The van der Waals surface area contributed by atoms with Crippen molar-refractivity contribution in [2.75, 3.05) is 5.75 Å². The molecule has 7 heteroatoms. The summed E-state index contributed by atoms with van der Waals surface area (Å²) in [5.41, 5.74) is 0. The van der Waals surface area contributed by atoms with Crippen LogP contribution in [0.5, 0.6) is 5.75 Å². The molecule has 0 radical (unpaired) electrons. The normalized spacial score (nSPS) is 12.6. The van der Waals surface area contributed by atoms with Crippen molar-refractivity contribution in [1.82, 2.24) is 0 Å². The molecule has 2 aromatic carbocycles. The molecule has 2 aromatic rings. The molecule has 0 fully saturated rings. The molecule has 0 heterocycles. The fourth-order valence-electron chi connectivity index (χ4n) is 3.01. The minimum atomic E-state index is -3.54. The van der Waals surface area contributed by atoms with Crippen LogP contribution in [0.3, 0.4) is 0 Å². The number of unbranched alkanes of at least 4 members (excludes halogenated alkanes) is 1. The second kappa shape index (κ2) is 11.5. The topological polar surface area (TPSA) is 52.6 Å². The first-order valence-electron chi connectivity index (χ1n) is 10.4. The van der Waals surface area contributed by atoms with Gasteiger partial charge in [-0.1, -0.05) is 0 Å². The zero-order valence-electron chi connectivity index (χ0n) is 17.9. The van der Waals surface area contributed by atoms with Crippen molar-refractivity contribution in [3.63, 3.8) is 0 Å². The summed E-state index contributed by atoms with van der Waals surface area (Å²) in [7, 11) is -5.28. The fraction of sp³-hybridized carbons (Fsp3) is 0.455. The van der Waals surface area contributed by atoms with Crippen molar-refractivity contribution >= 4 is 38.7 Å². The van der Waals surface area contributed by atoms with Gasteiger partial charge in [-0.15, -0.1) is 0 Å². The van der Waals surface area contributed by atoms with Gasteiger partial charge in [0.2, 0.25) is 0 Å². The summed E-state index contributed by atoms with van der Waals surface area (Å²) in [6.45, 7) is 8.61. The van der Waals surface area contributed by atoms with Crippen molar-refractivity contribution in [3.8, 4) is 5.75 Å². The van der Waals surface area contributed by atoms with Crippen LogP contribution in [-0.4, -0.2) is 22.5 Å². The average Bonchev–Trinajstić information content (AvgIpc) is 2.76. The third kappa shape index (κ3) is 7.08. The molecule has 0 atom stereocenters. The Hall–Kier alpha value is -0.903.